The van der Waals surface area contributed by atoms with Crippen molar-refractivity contribution in [3.05, 3.63) is 95.1 Å². The van der Waals surface area contributed by atoms with Gasteiger partial charge in [-0.1, -0.05) is 66.7 Å². The summed E-state index contributed by atoms with van der Waals surface area (Å²) in [5.74, 6) is -0.980. The van der Waals surface area contributed by atoms with Crippen molar-refractivity contribution in [2.45, 2.75) is 0 Å². The highest BCUT2D eigenvalue weighted by Gasteiger charge is 2.23. The van der Waals surface area contributed by atoms with E-state index in [9.17, 15) is 9.90 Å². The fourth-order valence-corrected chi connectivity index (χ4v) is 3.05. The fraction of sp³-hybridized carbons (Fsp3) is 0. The minimum Gasteiger partial charge on any atom is -0.478 e. The Kier molecular flexibility index (Phi) is 3.71. The average Bonchev–Trinajstić information content (AvgIpc) is 2.96. The molecule has 0 saturated heterocycles. The second-order valence-corrected chi connectivity index (χ2v) is 5.68. The molecule has 0 saturated carbocycles. The summed E-state index contributed by atoms with van der Waals surface area (Å²) in [5, 5.41) is 17.8. The minimum atomic E-state index is -0.980. The third-order valence-electron chi connectivity index (χ3n) is 4.20. The van der Waals surface area contributed by atoms with Crippen molar-refractivity contribution in [2.75, 3.05) is 0 Å². The van der Waals surface area contributed by atoms with Gasteiger partial charge in [0.1, 0.15) is 5.71 Å². The van der Waals surface area contributed by atoms with Gasteiger partial charge in [0, 0.05) is 16.7 Å². The first-order chi connectivity index (χ1) is 12.3. The molecule has 4 rings (SSSR count). The van der Waals surface area contributed by atoms with Crippen LogP contribution in [0.5, 0.6) is 0 Å². The fourth-order valence-electron chi connectivity index (χ4n) is 3.05. The van der Waals surface area contributed by atoms with E-state index in [0.717, 1.165) is 28.0 Å². The average molecular weight is 326 g/mol. The number of benzene rings is 3. The summed E-state index contributed by atoms with van der Waals surface area (Å²) in [7, 11) is 0. The van der Waals surface area contributed by atoms with Crippen LogP contribution in [0.2, 0.25) is 0 Å². The van der Waals surface area contributed by atoms with Crippen molar-refractivity contribution < 1.29 is 9.90 Å². The van der Waals surface area contributed by atoms with Crippen molar-refractivity contribution in [1.29, 1.82) is 0 Å². The van der Waals surface area contributed by atoms with Gasteiger partial charge >= 0.3 is 5.97 Å². The summed E-state index contributed by atoms with van der Waals surface area (Å²) >= 11 is 0. The molecule has 1 N–H and O–H groups in total. The molecule has 3 aromatic rings. The molecule has 4 heteroatoms. The van der Waals surface area contributed by atoms with Gasteiger partial charge in [0.15, 0.2) is 0 Å². The van der Waals surface area contributed by atoms with E-state index >= 15 is 0 Å². The molecule has 3 aromatic carbocycles. The molecule has 0 radical (unpaired) electrons. The summed E-state index contributed by atoms with van der Waals surface area (Å²) in [4.78, 5) is 11.3. The van der Waals surface area contributed by atoms with Crippen LogP contribution in [0.3, 0.4) is 0 Å². The van der Waals surface area contributed by atoms with Crippen LogP contribution in [0.15, 0.2) is 83.0 Å². The predicted octanol–water partition coefficient (Wildman–Crippen LogP) is 4.24. The Hall–Kier alpha value is -3.53. The molecule has 25 heavy (non-hydrogen) atoms. The van der Waals surface area contributed by atoms with Crippen LogP contribution in [0.4, 0.5) is 0 Å². The van der Waals surface area contributed by atoms with Crippen molar-refractivity contribution >= 4 is 17.9 Å². The monoisotopic (exact) mass is 326 g/mol. The van der Waals surface area contributed by atoms with Gasteiger partial charge in [0.2, 0.25) is 0 Å². The van der Waals surface area contributed by atoms with Gasteiger partial charge in [0.25, 0.3) is 0 Å². The molecule has 0 bridgehead atoms. The normalized spacial score (nSPS) is 12.1. The van der Waals surface area contributed by atoms with E-state index in [2.05, 4.69) is 22.3 Å². The van der Waals surface area contributed by atoms with Gasteiger partial charge in [-0.2, -0.15) is 5.10 Å². The van der Waals surface area contributed by atoms with Crippen LogP contribution in [0, 0.1) is 0 Å². The molecular formula is C21H14N2O2. The summed E-state index contributed by atoms with van der Waals surface area (Å²) in [6, 6.07) is 22.9. The minimum absolute atomic E-state index is 0.207. The van der Waals surface area contributed by atoms with Gasteiger partial charge in [-0.25, -0.2) is 4.79 Å². The zero-order chi connectivity index (χ0) is 17.2. The Morgan fingerprint density at radius 3 is 1.88 bits per heavy atom. The van der Waals surface area contributed by atoms with E-state index in [0.29, 0.717) is 5.56 Å². The van der Waals surface area contributed by atoms with Crippen LogP contribution in [0.25, 0.3) is 11.1 Å². The smallest absolute Gasteiger partial charge is 0.336 e. The third-order valence-corrected chi connectivity index (χ3v) is 4.20. The number of nitrogens with zero attached hydrogens (tertiary/aromatic N) is 2. The maximum Gasteiger partial charge on any atom is 0.336 e. The van der Waals surface area contributed by atoms with Crippen LogP contribution < -0.4 is 0 Å². The number of carboxylic acids is 1. The van der Waals surface area contributed by atoms with Crippen molar-refractivity contribution in [2.24, 2.45) is 10.2 Å². The highest BCUT2D eigenvalue weighted by molar-refractivity contribution is 6.24. The Balaban J connectivity index is 1.77. The zero-order valence-electron chi connectivity index (χ0n) is 13.3. The topological polar surface area (TPSA) is 62.0 Å². The first-order valence-electron chi connectivity index (χ1n) is 7.88. The molecule has 0 atom stereocenters. The SMILES string of the molecule is O=C(O)c1ccccc1/C=N/N=C1c2ccccc2-c2ccccc21. The molecule has 0 unspecified atom stereocenters. The van der Waals surface area contributed by atoms with Crippen LogP contribution >= 0.6 is 0 Å². The number of hydrogen-bond donors (Lipinski definition) is 1. The van der Waals surface area contributed by atoms with Gasteiger partial charge in [-0.3, -0.25) is 0 Å². The van der Waals surface area contributed by atoms with Gasteiger partial charge in [-0.05, 0) is 17.2 Å². The molecule has 0 aromatic heterocycles. The van der Waals surface area contributed by atoms with E-state index in [1.165, 1.54) is 6.21 Å². The highest BCUT2D eigenvalue weighted by Crippen LogP contribution is 2.36. The molecule has 120 valence electrons. The Morgan fingerprint density at radius 1 is 0.760 bits per heavy atom. The molecule has 1 aliphatic carbocycles. The summed E-state index contributed by atoms with van der Waals surface area (Å²) in [6.07, 6.45) is 1.49. The lowest BCUT2D eigenvalue weighted by Gasteiger charge is -2.00. The second kappa shape index (κ2) is 6.17. The quantitative estimate of drug-likeness (QED) is 0.452. The maximum absolute atomic E-state index is 11.3. The van der Waals surface area contributed by atoms with Crippen LogP contribution in [-0.4, -0.2) is 23.0 Å². The predicted molar refractivity (Wildman–Crippen MR) is 98.5 cm³/mol. The number of rotatable bonds is 3. The molecule has 0 heterocycles. The van der Waals surface area contributed by atoms with Crippen LogP contribution in [0.1, 0.15) is 27.0 Å². The van der Waals surface area contributed by atoms with Gasteiger partial charge < -0.3 is 5.11 Å². The second-order valence-electron chi connectivity index (χ2n) is 5.68. The lowest BCUT2D eigenvalue weighted by molar-refractivity contribution is 0.0697. The summed E-state index contributed by atoms with van der Waals surface area (Å²) < 4.78 is 0. The van der Waals surface area contributed by atoms with E-state index in [1.54, 1.807) is 24.3 Å². The van der Waals surface area contributed by atoms with Crippen molar-refractivity contribution in [3.63, 3.8) is 0 Å². The lowest BCUT2D eigenvalue weighted by Crippen LogP contribution is -2.01. The molecule has 0 spiro atoms. The number of carbonyl (C=O) groups is 1. The van der Waals surface area contributed by atoms with E-state index in [-0.39, 0.29) is 5.56 Å². The van der Waals surface area contributed by atoms with Crippen molar-refractivity contribution in [1.82, 2.24) is 0 Å². The number of fused-ring (bicyclic) bond motifs is 3. The Bertz CT molecular complexity index is 988. The first-order valence-corrected chi connectivity index (χ1v) is 7.88. The highest BCUT2D eigenvalue weighted by atomic mass is 16.4. The molecular weight excluding hydrogens is 312 g/mol. The number of hydrogen-bond acceptors (Lipinski definition) is 3. The van der Waals surface area contributed by atoms with Crippen molar-refractivity contribution in [3.8, 4) is 11.1 Å². The summed E-state index contributed by atoms with van der Waals surface area (Å²) in [6.45, 7) is 0. The molecule has 4 nitrogen and oxygen atoms in total. The lowest BCUT2D eigenvalue weighted by atomic mass is 10.1. The van der Waals surface area contributed by atoms with Gasteiger partial charge in [0.05, 0.1) is 11.8 Å². The zero-order valence-corrected chi connectivity index (χ0v) is 13.3. The number of aromatic carboxylic acids is 1. The number of carboxylic acid groups (broad SMARTS) is 1. The van der Waals surface area contributed by atoms with Crippen LogP contribution in [-0.2, 0) is 0 Å². The molecule has 0 fully saturated rings. The van der Waals surface area contributed by atoms with Gasteiger partial charge in [-0.15, -0.1) is 5.10 Å². The standard InChI is InChI=1S/C21H14N2O2/c24-21(25)15-8-2-1-7-14(15)13-22-23-20-18-11-5-3-9-16(18)17-10-4-6-12-19(17)20/h1-13H,(H,24,25)/b22-13+. The molecule has 0 aliphatic heterocycles. The van der Waals surface area contributed by atoms with E-state index < -0.39 is 5.97 Å². The molecule has 0 amide bonds. The van der Waals surface area contributed by atoms with E-state index in [1.807, 2.05) is 36.4 Å². The Labute approximate surface area is 144 Å². The Morgan fingerprint density at radius 2 is 1.28 bits per heavy atom. The van der Waals surface area contributed by atoms with E-state index in [4.69, 9.17) is 0 Å². The molecule has 1 aliphatic rings. The third kappa shape index (κ3) is 2.64. The first kappa shape index (κ1) is 15.0. The maximum atomic E-state index is 11.3. The summed E-state index contributed by atoms with van der Waals surface area (Å²) in [5.41, 5.74) is 5.88. The largest absolute Gasteiger partial charge is 0.478 e.